The molecule has 1 aromatic heterocycles. The summed E-state index contributed by atoms with van der Waals surface area (Å²) >= 11 is 5.99. The predicted molar refractivity (Wildman–Crippen MR) is 116 cm³/mol. The Hall–Kier alpha value is -1.47. The van der Waals surface area contributed by atoms with Crippen LogP contribution in [-0.4, -0.2) is 43.6 Å². The lowest BCUT2D eigenvalue weighted by atomic mass is 9.77. The Kier molecular flexibility index (Phi) is 5.14. The molecule has 0 saturated heterocycles. The molecule has 154 valence electrons. The van der Waals surface area contributed by atoms with Gasteiger partial charge < -0.3 is 10.4 Å². The molecule has 1 aliphatic carbocycles. The van der Waals surface area contributed by atoms with Crippen LogP contribution >= 0.6 is 11.6 Å². The number of nitrogens with zero attached hydrogens (tertiary/aromatic N) is 2. The van der Waals surface area contributed by atoms with Crippen molar-refractivity contribution in [3.05, 3.63) is 51.7 Å². The molecule has 7 heteroatoms. The number of aliphatic hydroxyl groups is 1. The Morgan fingerprint density at radius 2 is 2.00 bits per heavy atom. The average molecular weight is 432 g/mol. The number of fused-ring (bicyclic) bond motifs is 3. The van der Waals surface area contributed by atoms with E-state index in [0.717, 1.165) is 73.2 Å². The summed E-state index contributed by atoms with van der Waals surface area (Å²) in [5.41, 5.74) is 4.61. The number of hydrogen-bond acceptors (Lipinski definition) is 5. The van der Waals surface area contributed by atoms with Gasteiger partial charge in [0.25, 0.3) is 0 Å². The van der Waals surface area contributed by atoms with Crippen molar-refractivity contribution < 1.29 is 9.32 Å². The highest BCUT2D eigenvalue weighted by atomic mass is 35.5. The summed E-state index contributed by atoms with van der Waals surface area (Å²) in [5, 5.41) is 14.1. The maximum Gasteiger partial charge on any atom is 0.143 e. The van der Waals surface area contributed by atoms with Crippen molar-refractivity contribution in [2.24, 2.45) is 0 Å². The minimum absolute atomic E-state index is 0.0976. The molecular formula is C22H26ClN3O2S. The highest BCUT2D eigenvalue weighted by Crippen LogP contribution is 2.41. The maximum absolute atomic E-state index is 12.7. The van der Waals surface area contributed by atoms with Gasteiger partial charge in [-0.1, -0.05) is 23.7 Å². The summed E-state index contributed by atoms with van der Waals surface area (Å²) in [6, 6.07) is 8.04. The average Bonchev–Trinajstić information content (AvgIpc) is 3.27. The fourth-order valence-electron chi connectivity index (χ4n) is 4.68. The number of anilines is 1. The van der Waals surface area contributed by atoms with E-state index in [1.54, 1.807) is 0 Å². The zero-order chi connectivity index (χ0) is 20.0. The molecule has 2 aromatic rings. The van der Waals surface area contributed by atoms with Gasteiger partial charge in [-0.2, -0.15) is 0 Å². The predicted octanol–water partition coefficient (Wildman–Crippen LogP) is 3.28. The van der Waals surface area contributed by atoms with Gasteiger partial charge in [-0.3, -0.25) is 9.11 Å². The molecule has 0 amide bonds. The van der Waals surface area contributed by atoms with Crippen molar-refractivity contribution in [1.82, 2.24) is 9.88 Å². The van der Waals surface area contributed by atoms with Crippen LogP contribution in [0, 0.1) is 0 Å². The van der Waals surface area contributed by atoms with Crippen molar-refractivity contribution in [2.45, 2.75) is 55.6 Å². The number of halogens is 1. The van der Waals surface area contributed by atoms with E-state index in [1.807, 2.05) is 12.1 Å². The Morgan fingerprint density at radius 1 is 1.21 bits per heavy atom. The molecule has 0 unspecified atom stereocenters. The highest BCUT2D eigenvalue weighted by molar-refractivity contribution is 7.85. The van der Waals surface area contributed by atoms with E-state index >= 15 is 0 Å². The number of hydrogen-bond donors (Lipinski definition) is 2. The first-order valence-corrected chi connectivity index (χ1v) is 12.1. The molecule has 2 aliphatic heterocycles. The van der Waals surface area contributed by atoms with E-state index in [4.69, 9.17) is 16.6 Å². The largest absolute Gasteiger partial charge is 0.394 e. The van der Waals surface area contributed by atoms with Crippen LogP contribution in [0.4, 0.5) is 5.82 Å². The SMILES string of the molecule is O=[S@@]1CCc2c3c(nc(NC4(CO)CCC4)c21)CN(CCc1ccc(Cl)cc1)C3. The summed E-state index contributed by atoms with van der Waals surface area (Å²) in [7, 11) is -1.00. The van der Waals surface area contributed by atoms with Crippen LogP contribution in [0.2, 0.25) is 5.02 Å². The van der Waals surface area contributed by atoms with Crippen molar-refractivity contribution in [1.29, 1.82) is 0 Å². The molecule has 0 radical (unpaired) electrons. The van der Waals surface area contributed by atoms with Crippen LogP contribution in [0.5, 0.6) is 0 Å². The molecule has 29 heavy (non-hydrogen) atoms. The van der Waals surface area contributed by atoms with E-state index in [2.05, 4.69) is 22.3 Å². The Morgan fingerprint density at radius 3 is 2.69 bits per heavy atom. The normalized spacial score (nSPS) is 22.2. The lowest BCUT2D eigenvalue weighted by Crippen LogP contribution is -2.48. The van der Waals surface area contributed by atoms with E-state index in [1.165, 1.54) is 16.7 Å². The number of benzene rings is 1. The van der Waals surface area contributed by atoms with Crippen LogP contribution in [0.15, 0.2) is 29.2 Å². The Labute approximate surface area is 178 Å². The lowest BCUT2D eigenvalue weighted by Gasteiger charge is -2.41. The summed E-state index contributed by atoms with van der Waals surface area (Å²) in [6.07, 6.45) is 4.83. The van der Waals surface area contributed by atoms with E-state index < -0.39 is 10.8 Å². The lowest BCUT2D eigenvalue weighted by molar-refractivity contribution is 0.143. The number of aromatic nitrogens is 1. The van der Waals surface area contributed by atoms with Gasteiger partial charge in [0.2, 0.25) is 0 Å². The second kappa shape index (κ2) is 7.65. The highest BCUT2D eigenvalue weighted by Gasteiger charge is 2.39. The first-order valence-electron chi connectivity index (χ1n) is 10.4. The molecule has 1 fully saturated rings. The van der Waals surface area contributed by atoms with E-state index in [9.17, 15) is 9.32 Å². The molecular weight excluding hydrogens is 406 g/mol. The third kappa shape index (κ3) is 3.61. The zero-order valence-corrected chi connectivity index (χ0v) is 18.0. The molecule has 5 nitrogen and oxygen atoms in total. The van der Waals surface area contributed by atoms with Crippen LogP contribution < -0.4 is 5.32 Å². The number of nitrogens with one attached hydrogen (secondary N) is 1. The Balaban J connectivity index is 1.37. The first kappa shape index (κ1) is 19.5. The minimum atomic E-state index is -1.00. The molecule has 3 heterocycles. The van der Waals surface area contributed by atoms with Gasteiger partial charge in [0.15, 0.2) is 0 Å². The van der Waals surface area contributed by atoms with Gasteiger partial charge in [0.1, 0.15) is 5.82 Å². The fraction of sp³-hybridized carbons (Fsp3) is 0.500. The quantitative estimate of drug-likeness (QED) is 0.734. The molecule has 5 rings (SSSR count). The van der Waals surface area contributed by atoms with Crippen LogP contribution in [0.3, 0.4) is 0 Å². The van der Waals surface area contributed by atoms with Gasteiger partial charge >= 0.3 is 0 Å². The van der Waals surface area contributed by atoms with E-state index in [0.29, 0.717) is 5.75 Å². The molecule has 3 aliphatic rings. The minimum Gasteiger partial charge on any atom is -0.394 e. The monoisotopic (exact) mass is 431 g/mol. The van der Waals surface area contributed by atoms with Crippen molar-refractivity contribution in [3.63, 3.8) is 0 Å². The zero-order valence-electron chi connectivity index (χ0n) is 16.4. The van der Waals surface area contributed by atoms with E-state index in [-0.39, 0.29) is 12.1 Å². The van der Waals surface area contributed by atoms with Crippen LogP contribution in [-0.2, 0) is 36.7 Å². The van der Waals surface area contributed by atoms with Crippen molar-refractivity contribution in [2.75, 3.05) is 24.2 Å². The number of aliphatic hydroxyl groups excluding tert-OH is 1. The van der Waals surface area contributed by atoms with Gasteiger partial charge in [-0.15, -0.1) is 0 Å². The first-order chi connectivity index (χ1) is 14.1. The van der Waals surface area contributed by atoms with Crippen LogP contribution in [0.25, 0.3) is 0 Å². The standard InChI is InChI=1S/C22H26ClN3O2S/c23-16-4-2-15(3-5-16)6-10-26-12-18-17-7-11-29(28)20(17)21(24-19(18)13-26)25-22(14-27)8-1-9-22/h2-5,27H,1,6-14H2,(H,24,25)/t29-/m1/s1. The van der Waals surface area contributed by atoms with Gasteiger partial charge in [-0.05, 0) is 60.9 Å². The van der Waals surface area contributed by atoms with Gasteiger partial charge in [0, 0.05) is 30.4 Å². The third-order valence-electron chi connectivity index (χ3n) is 6.60. The summed E-state index contributed by atoms with van der Waals surface area (Å²) in [4.78, 5) is 8.24. The molecule has 1 aromatic carbocycles. The molecule has 0 bridgehead atoms. The number of pyridine rings is 1. The second-order valence-electron chi connectivity index (χ2n) is 8.50. The molecule has 2 N–H and O–H groups in total. The van der Waals surface area contributed by atoms with Gasteiger partial charge in [-0.25, -0.2) is 4.98 Å². The second-order valence-corrected chi connectivity index (χ2v) is 10.4. The molecule has 1 saturated carbocycles. The fourth-order valence-corrected chi connectivity index (χ4v) is 6.21. The van der Waals surface area contributed by atoms with Crippen molar-refractivity contribution in [3.8, 4) is 0 Å². The summed E-state index contributed by atoms with van der Waals surface area (Å²) in [6.45, 7) is 2.75. The van der Waals surface area contributed by atoms with Crippen LogP contribution in [0.1, 0.15) is 41.6 Å². The smallest absolute Gasteiger partial charge is 0.143 e. The summed E-state index contributed by atoms with van der Waals surface area (Å²) < 4.78 is 12.7. The molecule has 1 atom stereocenters. The third-order valence-corrected chi connectivity index (χ3v) is 8.32. The van der Waals surface area contributed by atoms with Crippen molar-refractivity contribution >= 4 is 28.2 Å². The van der Waals surface area contributed by atoms with Gasteiger partial charge in [0.05, 0.1) is 33.5 Å². The maximum atomic E-state index is 12.7. The topological polar surface area (TPSA) is 65.5 Å². The summed E-state index contributed by atoms with van der Waals surface area (Å²) in [5.74, 6) is 1.43. The number of rotatable bonds is 6. The molecule has 0 spiro atoms. The Bertz CT molecular complexity index is 954.